The predicted molar refractivity (Wildman–Crippen MR) is 71.7 cm³/mol. The molecule has 1 nitrogen and oxygen atoms in total. The highest BCUT2D eigenvalue weighted by Crippen LogP contribution is 2.24. The molecule has 0 unspecified atom stereocenters. The minimum atomic E-state index is -0.142. The number of halogens is 1. The van der Waals surface area contributed by atoms with Gasteiger partial charge < -0.3 is 5.32 Å². The molecule has 92 valence electrons. The van der Waals surface area contributed by atoms with Crippen LogP contribution in [-0.2, 0) is 6.54 Å². The average molecular weight is 241 g/mol. The summed E-state index contributed by atoms with van der Waals surface area (Å²) in [4.78, 5) is 0. The Bertz CT molecular complexity index is 532. The molecular weight excluding hydrogens is 225 g/mol. The van der Waals surface area contributed by atoms with E-state index in [0.29, 0.717) is 11.6 Å². The van der Waals surface area contributed by atoms with Crippen LogP contribution in [0.2, 0.25) is 0 Å². The lowest BCUT2D eigenvalue weighted by molar-refractivity contribution is 0.623. The number of hydrogen-bond donors (Lipinski definition) is 1. The highest BCUT2D eigenvalue weighted by molar-refractivity contribution is 5.64. The van der Waals surface area contributed by atoms with E-state index < -0.39 is 0 Å². The molecule has 1 saturated carbocycles. The van der Waals surface area contributed by atoms with Gasteiger partial charge in [-0.3, -0.25) is 0 Å². The molecular formula is C16H16FN. The van der Waals surface area contributed by atoms with E-state index >= 15 is 0 Å². The van der Waals surface area contributed by atoms with E-state index in [4.69, 9.17) is 0 Å². The standard InChI is InChI=1S/C16H16FN/c17-16-10-12(11-18-14-7-8-14)6-9-15(16)13-4-2-1-3-5-13/h1-6,9-10,14,18H,7-8,11H2. The summed E-state index contributed by atoms with van der Waals surface area (Å²) in [6.45, 7) is 0.761. The number of hydrogen-bond acceptors (Lipinski definition) is 1. The SMILES string of the molecule is Fc1cc(CNC2CC2)ccc1-c1ccccc1. The van der Waals surface area contributed by atoms with E-state index in [1.165, 1.54) is 12.8 Å². The monoisotopic (exact) mass is 241 g/mol. The summed E-state index contributed by atoms with van der Waals surface area (Å²) in [6.07, 6.45) is 2.51. The van der Waals surface area contributed by atoms with Crippen molar-refractivity contribution >= 4 is 0 Å². The van der Waals surface area contributed by atoms with Crippen LogP contribution < -0.4 is 5.32 Å². The van der Waals surface area contributed by atoms with Crippen molar-refractivity contribution in [1.29, 1.82) is 0 Å². The van der Waals surface area contributed by atoms with Gasteiger partial charge in [-0.15, -0.1) is 0 Å². The van der Waals surface area contributed by atoms with E-state index in [0.717, 1.165) is 17.7 Å². The Morgan fingerprint density at radius 3 is 2.50 bits per heavy atom. The maximum Gasteiger partial charge on any atom is 0.131 e. The van der Waals surface area contributed by atoms with Gasteiger partial charge in [0.05, 0.1) is 0 Å². The Balaban J connectivity index is 1.80. The van der Waals surface area contributed by atoms with Crippen molar-refractivity contribution in [2.75, 3.05) is 0 Å². The Hall–Kier alpha value is -1.67. The molecule has 0 aliphatic heterocycles. The van der Waals surface area contributed by atoms with E-state index in [2.05, 4.69) is 5.32 Å². The average Bonchev–Trinajstić information content (AvgIpc) is 3.21. The Morgan fingerprint density at radius 2 is 1.83 bits per heavy atom. The third-order valence-corrected chi connectivity index (χ3v) is 3.29. The lowest BCUT2D eigenvalue weighted by atomic mass is 10.0. The van der Waals surface area contributed by atoms with Crippen LogP contribution in [-0.4, -0.2) is 6.04 Å². The van der Waals surface area contributed by atoms with Gasteiger partial charge in [-0.1, -0.05) is 42.5 Å². The maximum absolute atomic E-state index is 14.0. The topological polar surface area (TPSA) is 12.0 Å². The van der Waals surface area contributed by atoms with Crippen molar-refractivity contribution in [2.45, 2.75) is 25.4 Å². The maximum atomic E-state index is 14.0. The molecule has 1 aliphatic carbocycles. The van der Waals surface area contributed by atoms with Crippen LogP contribution in [0.4, 0.5) is 4.39 Å². The highest BCUT2D eigenvalue weighted by atomic mass is 19.1. The third kappa shape index (κ3) is 2.59. The van der Waals surface area contributed by atoms with E-state index in [1.54, 1.807) is 6.07 Å². The van der Waals surface area contributed by atoms with Crippen LogP contribution in [0.25, 0.3) is 11.1 Å². The van der Waals surface area contributed by atoms with Gasteiger partial charge in [0, 0.05) is 18.2 Å². The number of rotatable bonds is 4. The van der Waals surface area contributed by atoms with Crippen molar-refractivity contribution in [3.8, 4) is 11.1 Å². The molecule has 0 radical (unpaired) electrons. The zero-order valence-corrected chi connectivity index (χ0v) is 10.2. The Labute approximate surface area is 107 Å². The molecule has 1 aliphatic rings. The van der Waals surface area contributed by atoms with Crippen molar-refractivity contribution < 1.29 is 4.39 Å². The molecule has 0 aromatic heterocycles. The van der Waals surface area contributed by atoms with Crippen molar-refractivity contribution in [1.82, 2.24) is 5.32 Å². The fourth-order valence-electron chi connectivity index (χ4n) is 2.07. The number of nitrogens with one attached hydrogen (secondary N) is 1. The first-order valence-electron chi connectivity index (χ1n) is 6.40. The van der Waals surface area contributed by atoms with Gasteiger partial charge in [0.25, 0.3) is 0 Å². The fraction of sp³-hybridized carbons (Fsp3) is 0.250. The van der Waals surface area contributed by atoms with E-state index in [9.17, 15) is 4.39 Å². The van der Waals surface area contributed by atoms with Crippen molar-refractivity contribution in [3.05, 3.63) is 59.9 Å². The molecule has 0 bridgehead atoms. The van der Waals surface area contributed by atoms with Crippen LogP contribution >= 0.6 is 0 Å². The minimum Gasteiger partial charge on any atom is -0.310 e. The predicted octanol–water partition coefficient (Wildman–Crippen LogP) is 3.74. The molecule has 2 aromatic carbocycles. The fourth-order valence-corrected chi connectivity index (χ4v) is 2.07. The molecule has 0 atom stereocenters. The van der Waals surface area contributed by atoms with Crippen LogP contribution in [0.15, 0.2) is 48.5 Å². The van der Waals surface area contributed by atoms with Gasteiger partial charge in [0.1, 0.15) is 5.82 Å². The van der Waals surface area contributed by atoms with Crippen LogP contribution in [0.3, 0.4) is 0 Å². The summed E-state index contributed by atoms with van der Waals surface area (Å²) in [5.74, 6) is -0.142. The quantitative estimate of drug-likeness (QED) is 0.859. The van der Waals surface area contributed by atoms with Crippen molar-refractivity contribution in [3.63, 3.8) is 0 Å². The van der Waals surface area contributed by atoms with Gasteiger partial charge >= 0.3 is 0 Å². The van der Waals surface area contributed by atoms with E-state index in [-0.39, 0.29) is 5.82 Å². The summed E-state index contributed by atoms with van der Waals surface area (Å²) >= 11 is 0. The zero-order valence-electron chi connectivity index (χ0n) is 10.2. The van der Waals surface area contributed by atoms with Crippen LogP contribution in [0, 0.1) is 5.82 Å². The number of benzene rings is 2. The first-order valence-corrected chi connectivity index (χ1v) is 6.40. The van der Waals surface area contributed by atoms with Gasteiger partial charge in [-0.05, 0) is 30.0 Å². The summed E-state index contributed by atoms with van der Waals surface area (Å²) in [6, 6.07) is 15.8. The summed E-state index contributed by atoms with van der Waals surface area (Å²) in [5, 5.41) is 3.39. The molecule has 18 heavy (non-hydrogen) atoms. The zero-order chi connectivity index (χ0) is 12.4. The largest absolute Gasteiger partial charge is 0.310 e. The molecule has 1 N–H and O–H groups in total. The second-order valence-electron chi connectivity index (χ2n) is 4.84. The lowest BCUT2D eigenvalue weighted by Gasteiger charge is -2.07. The van der Waals surface area contributed by atoms with E-state index in [1.807, 2.05) is 42.5 Å². The molecule has 2 aromatic rings. The summed E-state index contributed by atoms with van der Waals surface area (Å²) < 4.78 is 14.0. The summed E-state index contributed by atoms with van der Waals surface area (Å²) in [5.41, 5.74) is 2.61. The molecule has 0 saturated heterocycles. The Morgan fingerprint density at radius 1 is 1.06 bits per heavy atom. The second kappa shape index (κ2) is 4.91. The van der Waals surface area contributed by atoms with Gasteiger partial charge in [-0.25, -0.2) is 4.39 Å². The summed E-state index contributed by atoms with van der Waals surface area (Å²) in [7, 11) is 0. The molecule has 3 rings (SSSR count). The van der Waals surface area contributed by atoms with Crippen LogP contribution in [0.1, 0.15) is 18.4 Å². The highest BCUT2D eigenvalue weighted by Gasteiger charge is 2.20. The molecule has 0 amide bonds. The lowest BCUT2D eigenvalue weighted by Crippen LogP contribution is -2.15. The Kier molecular flexibility index (Phi) is 3.11. The van der Waals surface area contributed by atoms with Crippen molar-refractivity contribution in [2.24, 2.45) is 0 Å². The smallest absolute Gasteiger partial charge is 0.131 e. The minimum absolute atomic E-state index is 0.142. The normalized spacial score (nSPS) is 14.7. The second-order valence-corrected chi connectivity index (χ2v) is 4.84. The van der Waals surface area contributed by atoms with Gasteiger partial charge in [-0.2, -0.15) is 0 Å². The van der Waals surface area contributed by atoms with Crippen LogP contribution in [0.5, 0.6) is 0 Å². The van der Waals surface area contributed by atoms with Gasteiger partial charge in [0.2, 0.25) is 0 Å². The molecule has 0 spiro atoms. The molecule has 2 heteroatoms. The third-order valence-electron chi connectivity index (χ3n) is 3.29. The first-order chi connectivity index (χ1) is 8.83. The molecule has 0 heterocycles. The molecule has 1 fully saturated rings. The first kappa shape index (κ1) is 11.4. The van der Waals surface area contributed by atoms with Gasteiger partial charge in [0.15, 0.2) is 0 Å².